The van der Waals surface area contributed by atoms with Gasteiger partial charge in [0.1, 0.15) is 0 Å². The fraction of sp³-hybridized carbons (Fsp3) is 0.522. The fourth-order valence-electron chi connectivity index (χ4n) is 4.02. The third-order valence-corrected chi connectivity index (χ3v) is 6.02. The van der Waals surface area contributed by atoms with Crippen molar-refractivity contribution < 1.29 is 9.53 Å². The molecule has 0 radical (unpaired) electrons. The first-order valence-corrected chi connectivity index (χ1v) is 10.9. The van der Waals surface area contributed by atoms with Gasteiger partial charge in [0.05, 0.1) is 19.7 Å². The number of nitrogens with zero attached hydrogens (tertiary/aromatic N) is 2. The number of halogens is 1. The third-order valence-electron chi connectivity index (χ3n) is 5.65. The standard InChI is InChI=1S/C23H32ClN3O2/c1-29-15-13-25-16-23(28)27(20-9-3-2-4-10-20)18-21-11-7-14-26(21)17-19-8-5-6-12-22(19)24/h5-8,11-12,14,20,25H,2-4,9-10,13,15-18H2,1H3. The predicted octanol–water partition coefficient (Wildman–Crippen LogP) is 4.09. The lowest BCUT2D eigenvalue weighted by Gasteiger charge is -2.35. The number of hydrogen-bond acceptors (Lipinski definition) is 3. The first-order valence-electron chi connectivity index (χ1n) is 10.6. The minimum atomic E-state index is 0.165. The number of rotatable bonds is 10. The fourth-order valence-corrected chi connectivity index (χ4v) is 4.21. The van der Waals surface area contributed by atoms with Crippen molar-refractivity contribution in [3.8, 4) is 0 Å². The number of benzene rings is 1. The molecule has 6 heteroatoms. The van der Waals surface area contributed by atoms with Crippen LogP contribution in [-0.4, -0.2) is 48.2 Å². The molecular formula is C23H32ClN3O2. The Morgan fingerprint density at radius 1 is 1.21 bits per heavy atom. The molecule has 5 nitrogen and oxygen atoms in total. The lowest BCUT2D eigenvalue weighted by molar-refractivity contribution is -0.134. The Kier molecular flexibility index (Phi) is 8.59. The van der Waals surface area contributed by atoms with Crippen molar-refractivity contribution >= 4 is 17.5 Å². The summed E-state index contributed by atoms with van der Waals surface area (Å²) in [6.45, 7) is 2.99. The molecule has 0 saturated heterocycles. The van der Waals surface area contributed by atoms with Gasteiger partial charge >= 0.3 is 0 Å². The van der Waals surface area contributed by atoms with E-state index >= 15 is 0 Å². The highest BCUT2D eigenvalue weighted by atomic mass is 35.5. The van der Waals surface area contributed by atoms with E-state index in [4.69, 9.17) is 16.3 Å². The molecular weight excluding hydrogens is 386 g/mol. The summed E-state index contributed by atoms with van der Waals surface area (Å²) >= 11 is 6.36. The summed E-state index contributed by atoms with van der Waals surface area (Å²) in [6, 6.07) is 12.4. The summed E-state index contributed by atoms with van der Waals surface area (Å²) in [5.41, 5.74) is 2.23. The predicted molar refractivity (Wildman–Crippen MR) is 117 cm³/mol. The number of methoxy groups -OCH3 is 1. The molecule has 0 unspecified atom stereocenters. The zero-order valence-electron chi connectivity index (χ0n) is 17.3. The molecule has 1 aliphatic carbocycles. The molecule has 29 heavy (non-hydrogen) atoms. The van der Waals surface area contributed by atoms with Crippen molar-refractivity contribution in [2.45, 2.75) is 51.2 Å². The SMILES string of the molecule is COCCNCC(=O)N(Cc1cccn1Cc1ccccc1Cl)C1CCCCC1. The molecule has 1 amide bonds. The van der Waals surface area contributed by atoms with Crippen molar-refractivity contribution in [1.29, 1.82) is 0 Å². The molecule has 158 valence electrons. The molecule has 1 aromatic carbocycles. The van der Waals surface area contributed by atoms with Gasteiger partial charge in [-0.05, 0) is 36.6 Å². The van der Waals surface area contributed by atoms with E-state index in [2.05, 4.69) is 33.1 Å². The van der Waals surface area contributed by atoms with Crippen LogP contribution in [0.3, 0.4) is 0 Å². The Morgan fingerprint density at radius 2 is 2.00 bits per heavy atom. The smallest absolute Gasteiger partial charge is 0.237 e. The maximum atomic E-state index is 13.0. The van der Waals surface area contributed by atoms with E-state index in [0.29, 0.717) is 38.8 Å². The molecule has 1 N–H and O–H groups in total. The summed E-state index contributed by atoms with van der Waals surface area (Å²) in [6.07, 6.45) is 7.93. The van der Waals surface area contributed by atoms with E-state index in [0.717, 1.165) is 29.1 Å². The molecule has 0 bridgehead atoms. The molecule has 1 fully saturated rings. The van der Waals surface area contributed by atoms with E-state index in [1.54, 1.807) is 7.11 Å². The molecule has 0 spiro atoms. The first-order chi connectivity index (χ1) is 14.2. The van der Waals surface area contributed by atoms with Crippen LogP contribution in [0.1, 0.15) is 43.4 Å². The number of ether oxygens (including phenoxy) is 1. The van der Waals surface area contributed by atoms with Crippen LogP contribution in [-0.2, 0) is 22.6 Å². The molecule has 2 aromatic rings. The quantitative estimate of drug-likeness (QED) is 0.592. The molecule has 0 aliphatic heterocycles. The van der Waals surface area contributed by atoms with Gasteiger partial charge in [-0.25, -0.2) is 0 Å². The lowest BCUT2D eigenvalue weighted by atomic mass is 9.94. The maximum absolute atomic E-state index is 13.0. The lowest BCUT2D eigenvalue weighted by Crippen LogP contribution is -2.45. The number of aromatic nitrogens is 1. The van der Waals surface area contributed by atoms with Gasteiger partial charge in [0.15, 0.2) is 0 Å². The number of carbonyl (C=O) groups excluding carboxylic acids is 1. The summed E-state index contributed by atoms with van der Waals surface area (Å²) in [5, 5.41) is 3.98. The van der Waals surface area contributed by atoms with Crippen LogP contribution >= 0.6 is 11.6 Å². The summed E-state index contributed by atoms with van der Waals surface area (Å²) in [7, 11) is 1.67. The number of hydrogen-bond donors (Lipinski definition) is 1. The number of nitrogens with one attached hydrogen (secondary N) is 1. The average molecular weight is 418 g/mol. The van der Waals surface area contributed by atoms with E-state index in [1.807, 2.05) is 24.3 Å². The van der Waals surface area contributed by atoms with Gasteiger partial charge in [-0.15, -0.1) is 0 Å². The number of carbonyl (C=O) groups is 1. The second-order valence-corrected chi connectivity index (χ2v) is 8.11. The van der Waals surface area contributed by atoms with Gasteiger partial charge in [0.2, 0.25) is 5.91 Å². The van der Waals surface area contributed by atoms with Crippen LogP contribution in [0.4, 0.5) is 0 Å². The van der Waals surface area contributed by atoms with Gasteiger partial charge in [0.25, 0.3) is 0 Å². The Hall–Kier alpha value is -1.82. The van der Waals surface area contributed by atoms with Crippen LogP contribution < -0.4 is 5.32 Å². The van der Waals surface area contributed by atoms with Gasteiger partial charge in [-0.3, -0.25) is 4.79 Å². The molecule has 0 atom stereocenters. The Balaban J connectivity index is 1.71. The normalized spacial score (nSPS) is 14.8. The van der Waals surface area contributed by atoms with E-state index in [9.17, 15) is 4.79 Å². The molecule has 3 rings (SSSR count). The second-order valence-electron chi connectivity index (χ2n) is 7.70. The van der Waals surface area contributed by atoms with Crippen LogP contribution in [0.5, 0.6) is 0 Å². The maximum Gasteiger partial charge on any atom is 0.237 e. The molecule has 1 aromatic heterocycles. The Morgan fingerprint density at radius 3 is 2.76 bits per heavy atom. The van der Waals surface area contributed by atoms with Crippen molar-refractivity contribution in [3.63, 3.8) is 0 Å². The zero-order valence-corrected chi connectivity index (χ0v) is 18.0. The van der Waals surface area contributed by atoms with E-state index in [-0.39, 0.29) is 5.91 Å². The Bertz CT molecular complexity index is 771. The minimum Gasteiger partial charge on any atom is -0.383 e. The average Bonchev–Trinajstić information content (AvgIpc) is 3.18. The summed E-state index contributed by atoms with van der Waals surface area (Å²) in [4.78, 5) is 15.1. The molecule has 1 saturated carbocycles. The van der Waals surface area contributed by atoms with Crippen LogP contribution in [0, 0.1) is 0 Å². The van der Waals surface area contributed by atoms with Gasteiger partial charge in [-0.1, -0.05) is 49.1 Å². The minimum absolute atomic E-state index is 0.165. The number of amides is 1. The van der Waals surface area contributed by atoms with Crippen LogP contribution in [0.2, 0.25) is 5.02 Å². The van der Waals surface area contributed by atoms with Crippen LogP contribution in [0.15, 0.2) is 42.6 Å². The van der Waals surface area contributed by atoms with Crippen molar-refractivity contribution in [1.82, 2.24) is 14.8 Å². The first kappa shape index (κ1) is 21.9. The van der Waals surface area contributed by atoms with E-state index < -0.39 is 0 Å². The van der Waals surface area contributed by atoms with Crippen molar-refractivity contribution in [3.05, 3.63) is 58.9 Å². The Labute approximate surface area is 179 Å². The molecule has 1 aliphatic rings. The summed E-state index contributed by atoms with van der Waals surface area (Å²) in [5.74, 6) is 0.165. The second kappa shape index (κ2) is 11.4. The highest BCUT2D eigenvalue weighted by Gasteiger charge is 2.26. The van der Waals surface area contributed by atoms with E-state index in [1.165, 1.54) is 19.3 Å². The largest absolute Gasteiger partial charge is 0.383 e. The summed E-state index contributed by atoms with van der Waals surface area (Å²) < 4.78 is 7.26. The van der Waals surface area contributed by atoms with Crippen molar-refractivity contribution in [2.75, 3.05) is 26.8 Å². The van der Waals surface area contributed by atoms with Crippen LogP contribution in [0.25, 0.3) is 0 Å². The highest BCUT2D eigenvalue weighted by molar-refractivity contribution is 6.31. The third kappa shape index (κ3) is 6.33. The van der Waals surface area contributed by atoms with Crippen molar-refractivity contribution in [2.24, 2.45) is 0 Å². The van der Waals surface area contributed by atoms with Gasteiger partial charge in [-0.2, -0.15) is 0 Å². The monoisotopic (exact) mass is 417 g/mol. The zero-order chi connectivity index (χ0) is 20.5. The van der Waals surface area contributed by atoms with Gasteiger partial charge < -0.3 is 19.5 Å². The molecule has 1 heterocycles. The highest BCUT2D eigenvalue weighted by Crippen LogP contribution is 2.25. The van der Waals surface area contributed by atoms with Gasteiger partial charge in [0, 0.05) is 43.2 Å². The topological polar surface area (TPSA) is 46.5 Å².